The lowest BCUT2D eigenvalue weighted by molar-refractivity contribution is 0.302. The van der Waals surface area contributed by atoms with Crippen molar-refractivity contribution in [3.63, 3.8) is 0 Å². The van der Waals surface area contributed by atoms with Crippen molar-refractivity contribution in [3.05, 3.63) is 156 Å². The summed E-state index contributed by atoms with van der Waals surface area (Å²) in [5.74, 6) is 0.851. The molecule has 1 aromatic heterocycles. The molecule has 0 radical (unpaired) electrons. The number of ether oxygens (including phenoxy) is 1. The van der Waals surface area contributed by atoms with E-state index in [1.807, 2.05) is 53.1 Å². The van der Waals surface area contributed by atoms with E-state index in [1.165, 1.54) is 16.9 Å². The van der Waals surface area contributed by atoms with Gasteiger partial charge in [-0.05, 0) is 110 Å². The second-order valence-electron chi connectivity index (χ2n) is 10.2. The molecule has 208 valence electrons. The van der Waals surface area contributed by atoms with Gasteiger partial charge in [0, 0.05) is 10.6 Å². The molecule has 5 aromatic rings. The van der Waals surface area contributed by atoms with E-state index < -0.39 is 0 Å². The summed E-state index contributed by atoms with van der Waals surface area (Å²) in [7, 11) is 0. The van der Waals surface area contributed by atoms with Crippen molar-refractivity contribution in [2.24, 2.45) is 4.99 Å². The number of halogens is 3. The Morgan fingerprint density at radius 1 is 0.952 bits per heavy atom. The topological polar surface area (TPSA) is 43.6 Å². The SMILES string of the molecule is O=c1/c(=C\c2cc(I)c(OCc3ccccc3)c(I)c2)sc2n1[C@@H](c1ccccc1Cl)C1=C(N=2)c2ccccc2CC1. The summed E-state index contributed by atoms with van der Waals surface area (Å²) in [5.41, 5.74) is 7.49. The highest BCUT2D eigenvalue weighted by Gasteiger charge is 2.33. The fourth-order valence-corrected chi connectivity index (χ4v) is 9.05. The standard InChI is InChI=1S/C34H23ClI2N2O2S/c35-26-13-7-6-12-24(26)31-25-15-14-22-10-4-5-11-23(22)30(25)38-34-39(31)33(40)29(42-34)18-21-16-27(36)32(28(37)17-21)41-19-20-8-2-1-3-9-20/h1-13,16-18,31H,14-15,19H2/b29-18+/t31-/m0/s1. The van der Waals surface area contributed by atoms with Crippen LogP contribution in [0.2, 0.25) is 5.02 Å². The fourth-order valence-electron chi connectivity index (χ4n) is 5.68. The lowest BCUT2D eigenvalue weighted by Crippen LogP contribution is -2.38. The van der Waals surface area contributed by atoms with Gasteiger partial charge in [-0.15, -0.1) is 0 Å². The van der Waals surface area contributed by atoms with Crippen LogP contribution in [0.15, 0.2) is 106 Å². The number of hydrogen-bond acceptors (Lipinski definition) is 4. The highest BCUT2D eigenvalue weighted by atomic mass is 127. The fraction of sp³-hybridized carbons (Fsp3) is 0.118. The average Bonchev–Trinajstić information content (AvgIpc) is 3.30. The predicted octanol–water partition coefficient (Wildman–Crippen LogP) is 7.76. The number of rotatable bonds is 5. The number of hydrogen-bond donors (Lipinski definition) is 0. The maximum atomic E-state index is 14.1. The maximum absolute atomic E-state index is 14.1. The Morgan fingerprint density at radius 3 is 2.45 bits per heavy atom. The highest BCUT2D eigenvalue weighted by Crippen LogP contribution is 2.42. The first kappa shape index (κ1) is 28.1. The predicted molar refractivity (Wildman–Crippen MR) is 187 cm³/mol. The molecule has 7 rings (SSSR count). The first-order valence-electron chi connectivity index (χ1n) is 13.5. The molecule has 4 aromatic carbocycles. The van der Waals surface area contributed by atoms with E-state index in [-0.39, 0.29) is 11.6 Å². The minimum absolute atomic E-state index is 0.0523. The van der Waals surface area contributed by atoms with Gasteiger partial charge < -0.3 is 4.74 Å². The van der Waals surface area contributed by atoms with Gasteiger partial charge in [0.25, 0.3) is 5.56 Å². The third-order valence-electron chi connectivity index (χ3n) is 7.62. The average molecular weight is 813 g/mol. The zero-order valence-corrected chi connectivity index (χ0v) is 28.1. The van der Waals surface area contributed by atoms with Crippen molar-refractivity contribution in [1.29, 1.82) is 0 Å². The van der Waals surface area contributed by atoms with Crippen molar-refractivity contribution in [3.8, 4) is 5.75 Å². The molecule has 8 heteroatoms. The molecule has 2 heterocycles. The van der Waals surface area contributed by atoms with Crippen LogP contribution >= 0.6 is 68.1 Å². The second-order valence-corrected chi connectivity index (χ2v) is 14.0. The number of aryl methyl sites for hydroxylation is 1. The Hall–Kier alpha value is -2.73. The number of nitrogens with zero attached hydrogens (tertiary/aromatic N) is 2. The van der Waals surface area contributed by atoms with Gasteiger partial charge in [0.2, 0.25) is 0 Å². The number of aromatic nitrogens is 1. The summed E-state index contributed by atoms with van der Waals surface area (Å²) in [6.45, 7) is 0.501. The van der Waals surface area contributed by atoms with E-state index in [9.17, 15) is 4.79 Å². The Bertz CT molecular complexity index is 2040. The molecule has 0 spiro atoms. The second kappa shape index (κ2) is 11.7. The molecular formula is C34H23ClI2N2O2S. The van der Waals surface area contributed by atoms with Crippen LogP contribution in [-0.4, -0.2) is 4.57 Å². The molecule has 1 aliphatic carbocycles. The normalized spacial score (nSPS) is 16.0. The number of thiazole rings is 1. The molecule has 0 fully saturated rings. The summed E-state index contributed by atoms with van der Waals surface area (Å²) in [5, 5.41) is 0.653. The van der Waals surface area contributed by atoms with Crippen LogP contribution < -0.4 is 19.6 Å². The minimum Gasteiger partial charge on any atom is -0.487 e. The molecule has 0 saturated carbocycles. The van der Waals surface area contributed by atoms with Crippen LogP contribution in [0.25, 0.3) is 11.8 Å². The summed E-state index contributed by atoms with van der Waals surface area (Å²) in [6, 6.07) is 30.2. The van der Waals surface area contributed by atoms with E-state index in [4.69, 9.17) is 21.3 Å². The molecule has 0 amide bonds. The van der Waals surface area contributed by atoms with Crippen LogP contribution in [0.3, 0.4) is 0 Å². The van der Waals surface area contributed by atoms with Crippen molar-refractivity contribution < 1.29 is 4.74 Å². The molecule has 0 bridgehead atoms. The van der Waals surface area contributed by atoms with E-state index >= 15 is 0 Å². The van der Waals surface area contributed by atoms with Crippen LogP contribution in [0.4, 0.5) is 0 Å². The zero-order chi connectivity index (χ0) is 28.8. The lowest BCUT2D eigenvalue weighted by Gasteiger charge is -2.31. The van der Waals surface area contributed by atoms with Crippen molar-refractivity contribution >= 4 is 79.9 Å². The summed E-state index contributed by atoms with van der Waals surface area (Å²) >= 11 is 12.8. The quantitative estimate of drug-likeness (QED) is 0.171. The minimum atomic E-state index is -0.297. The van der Waals surface area contributed by atoms with Crippen molar-refractivity contribution in [2.45, 2.75) is 25.5 Å². The molecule has 0 saturated heterocycles. The Morgan fingerprint density at radius 2 is 1.67 bits per heavy atom. The summed E-state index contributed by atoms with van der Waals surface area (Å²) in [4.78, 5) is 19.9. The highest BCUT2D eigenvalue weighted by molar-refractivity contribution is 14.1. The van der Waals surface area contributed by atoms with Crippen LogP contribution in [0.5, 0.6) is 5.75 Å². The first-order valence-corrected chi connectivity index (χ1v) is 16.9. The lowest BCUT2D eigenvalue weighted by atomic mass is 9.83. The first-order chi connectivity index (χ1) is 20.5. The molecule has 0 N–H and O–H groups in total. The van der Waals surface area contributed by atoms with Gasteiger partial charge in [-0.2, -0.15) is 0 Å². The largest absolute Gasteiger partial charge is 0.487 e. The Balaban J connectivity index is 1.34. The number of fused-ring (bicyclic) bond motifs is 3. The van der Waals surface area contributed by atoms with Crippen molar-refractivity contribution in [1.82, 2.24) is 4.57 Å². The van der Waals surface area contributed by atoms with Gasteiger partial charge in [-0.25, -0.2) is 4.99 Å². The summed E-state index contributed by atoms with van der Waals surface area (Å²) < 4.78 is 10.7. The van der Waals surface area contributed by atoms with Gasteiger partial charge in [-0.3, -0.25) is 9.36 Å². The van der Waals surface area contributed by atoms with Gasteiger partial charge in [0.15, 0.2) is 4.80 Å². The van der Waals surface area contributed by atoms with Gasteiger partial charge in [-0.1, -0.05) is 95.7 Å². The molecule has 42 heavy (non-hydrogen) atoms. The van der Waals surface area contributed by atoms with Crippen LogP contribution in [-0.2, 0) is 13.0 Å². The molecule has 4 nitrogen and oxygen atoms in total. The van der Waals surface area contributed by atoms with E-state index in [1.54, 1.807) is 0 Å². The third kappa shape index (κ3) is 5.18. The molecule has 0 unspecified atom stereocenters. The van der Waals surface area contributed by atoms with Gasteiger partial charge >= 0.3 is 0 Å². The Labute approximate surface area is 279 Å². The third-order valence-corrected chi connectivity index (χ3v) is 10.5. The van der Waals surface area contributed by atoms with Gasteiger partial charge in [0.1, 0.15) is 12.4 Å². The van der Waals surface area contributed by atoms with Crippen LogP contribution in [0.1, 0.15) is 40.3 Å². The molecule has 1 atom stereocenters. The van der Waals surface area contributed by atoms with Crippen molar-refractivity contribution in [2.75, 3.05) is 0 Å². The number of allylic oxidation sites excluding steroid dienone is 1. The van der Waals surface area contributed by atoms with Crippen LogP contribution in [0, 0.1) is 7.14 Å². The van der Waals surface area contributed by atoms with Gasteiger partial charge in [0.05, 0.1) is 23.4 Å². The van der Waals surface area contributed by atoms with E-state index in [0.717, 1.165) is 59.3 Å². The molecule has 2 aliphatic rings. The molecule has 1 aliphatic heterocycles. The van der Waals surface area contributed by atoms with E-state index in [0.29, 0.717) is 21.0 Å². The Kier molecular flexibility index (Phi) is 7.85. The number of benzene rings is 4. The maximum Gasteiger partial charge on any atom is 0.271 e. The molecular weight excluding hydrogens is 790 g/mol. The zero-order valence-electron chi connectivity index (χ0n) is 22.2. The monoisotopic (exact) mass is 812 g/mol. The van der Waals surface area contributed by atoms with E-state index in [2.05, 4.69) is 93.7 Å². The summed E-state index contributed by atoms with van der Waals surface area (Å²) in [6.07, 6.45) is 3.71. The smallest absolute Gasteiger partial charge is 0.271 e.